The van der Waals surface area contributed by atoms with Crippen LogP contribution in [0.4, 0.5) is 9.18 Å². The Morgan fingerprint density at radius 1 is 1.10 bits per heavy atom. The molecule has 0 aromatic heterocycles. The van der Waals surface area contributed by atoms with Crippen molar-refractivity contribution in [3.8, 4) is 0 Å². The molecular weight excluding hydrogens is 373 g/mol. The molecule has 0 bridgehead atoms. The third kappa shape index (κ3) is 3.99. The third-order valence-corrected chi connectivity index (χ3v) is 5.30. The number of nitrogens with zero attached hydrogens (tertiary/aromatic N) is 2. The predicted octanol–water partition coefficient (Wildman–Crippen LogP) is 2.95. The Morgan fingerprint density at radius 3 is 2.31 bits per heavy atom. The van der Waals surface area contributed by atoms with Gasteiger partial charge in [0.2, 0.25) is 5.91 Å². The van der Waals surface area contributed by atoms with Crippen LogP contribution in [0.25, 0.3) is 0 Å². The van der Waals surface area contributed by atoms with Crippen LogP contribution in [0.15, 0.2) is 48.5 Å². The number of carbonyl (C=O) groups excluding carboxylic acids is 3. The van der Waals surface area contributed by atoms with E-state index < -0.39 is 23.3 Å². The minimum atomic E-state index is -1.29. The van der Waals surface area contributed by atoms with Gasteiger partial charge in [-0.25, -0.2) is 9.18 Å². The highest BCUT2D eigenvalue weighted by Crippen LogP contribution is 2.32. The summed E-state index contributed by atoms with van der Waals surface area (Å²) in [6.07, 6.45) is 0.285. The molecule has 0 saturated carbocycles. The third-order valence-electron chi connectivity index (χ3n) is 5.30. The monoisotopic (exact) mass is 397 g/mol. The summed E-state index contributed by atoms with van der Waals surface area (Å²) >= 11 is 0. The van der Waals surface area contributed by atoms with Gasteiger partial charge in [-0.1, -0.05) is 48.9 Å². The van der Waals surface area contributed by atoms with Gasteiger partial charge < -0.3 is 10.2 Å². The lowest BCUT2D eigenvalue weighted by Crippen LogP contribution is -2.45. The van der Waals surface area contributed by atoms with Crippen LogP contribution in [0.1, 0.15) is 30.0 Å². The number of halogens is 1. The molecule has 2 aromatic carbocycles. The fourth-order valence-electron chi connectivity index (χ4n) is 3.46. The Hall–Kier alpha value is -3.22. The molecule has 0 spiro atoms. The molecule has 1 atom stereocenters. The summed E-state index contributed by atoms with van der Waals surface area (Å²) in [6, 6.07) is 12.6. The highest BCUT2D eigenvalue weighted by atomic mass is 19.1. The largest absolute Gasteiger partial charge is 0.340 e. The topological polar surface area (TPSA) is 69.7 Å². The molecule has 0 radical (unpaired) electrons. The first-order valence-electron chi connectivity index (χ1n) is 9.46. The number of likely N-dealkylation sites (N-methyl/N-ethyl adjacent to an activating group) is 1. The minimum Gasteiger partial charge on any atom is -0.340 e. The highest BCUT2D eigenvalue weighted by Gasteiger charge is 2.51. The van der Waals surface area contributed by atoms with Crippen molar-refractivity contribution in [1.29, 1.82) is 0 Å². The van der Waals surface area contributed by atoms with Crippen molar-refractivity contribution in [2.45, 2.75) is 32.4 Å². The molecule has 1 aliphatic heterocycles. The first kappa shape index (κ1) is 20.5. The van der Waals surface area contributed by atoms with Gasteiger partial charge in [0.05, 0.1) is 0 Å². The van der Waals surface area contributed by atoms with Crippen LogP contribution < -0.4 is 5.32 Å². The molecule has 152 valence electrons. The number of urea groups is 1. The summed E-state index contributed by atoms with van der Waals surface area (Å²) in [5.74, 6) is -1.28. The highest BCUT2D eigenvalue weighted by molar-refractivity contribution is 6.09. The van der Waals surface area contributed by atoms with Crippen molar-refractivity contribution in [1.82, 2.24) is 15.1 Å². The predicted molar refractivity (Wildman–Crippen MR) is 106 cm³/mol. The molecule has 1 aliphatic rings. The SMILES string of the molecule is CC[C@]1(c2ccc(F)cc2)NC(=O)N(CC(=O)N(C)Cc2ccc(C)cc2)C1=O. The van der Waals surface area contributed by atoms with E-state index in [1.54, 1.807) is 14.0 Å². The van der Waals surface area contributed by atoms with Crippen LogP contribution in [0.2, 0.25) is 0 Å². The van der Waals surface area contributed by atoms with Crippen molar-refractivity contribution in [3.63, 3.8) is 0 Å². The lowest BCUT2D eigenvalue weighted by molar-refractivity contribution is -0.138. The summed E-state index contributed by atoms with van der Waals surface area (Å²) in [7, 11) is 1.63. The summed E-state index contributed by atoms with van der Waals surface area (Å²) in [5.41, 5.74) is 1.28. The Kier molecular flexibility index (Phi) is 5.68. The van der Waals surface area contributed by atoms with Crippen LogP contribution in [0.5, 0.6) is 0 Å². The fraction of sp³-hybridized carbons (Fsp3) is 0.318. The fourth-order valence-corrected chi connectivity index (χ4v) is 3.46. The van der Waals surface area contributed by atoms with Crippen LogP contribution in [0.3, 0.4) is 0 Å². The van der Waals surface area contributed by atoms with Gasteiger partial charge in [-0.05, 0) is 36.6 Å². The van der Waals surface area contributed by atoms with Gasteiger partial charge in [0.25, 0.3) is 5.91 Å². The van der Waals surface area contributed by atoms with Crippen LogP contribution >= 0.6 is 0 Å². The van der Waals surface area contributed by atoms with E-state index in [2.05, 4.69) is 5.32 Å². The number of hydrogen-bond acceptors (Lipinski definition) is 3. The van der Waals surface area contributed by atoms with Crippen molar-refractivity contribution >= 4 is 17.8 Å². The maximum Gasteiger partial charge on any atom is 0.325 e. The van der Waals surface area contributed by atoms with E-state index in [1.165, 1.54) is 29.2 Å². The minimum absolute atomic E-state index is 0.285. The Bertz CT molecular complexity index is 927. The number of amides is 4. The number of imide groups is 1. The quantitative estimate of drug-likeness (QED) is 0.762. The van der Waals surface area contributed by atoms with Gasteiger partial charge in [-0.2, -0.15) is 0 Å². The average Bonchev–Trinajstić information content (AvgIpc) is 2.95. The molecule has 1 N–H and O–H groups in total. The second kappa shape index (κ2) is 8.03. The molecule has 2 aromatic rings. The number of carbonyl (C=O) groups is 3. The normalized spacial score (nSPS) is 18.7. The molecule has 29 heavy (non-hydrogen) atoms. The van der Waals surface area contributed by atoms with Crippen LogP contribution in [0, 0.1) is 12.7 Å². The molecule has 0 aliphatic carbocycles. The van der Waals surface area contributed by atoms with E-state index in [-0.39, 0.29) is 18.9 Å². The zero-order chi connectivity index (χ0) is 21.2. The lowest BCUT2D eigenvalue weighted by Gasteiger charge is -2.26. The Balaban J connectivity index is 1.74. The standard InChI is InChI=1S/C22H24FN3O3/c1-4-22(17-9-11-18(23)12-10-17)20(28)26(21(29)24-22)14-19(27)25(3)13-16-7-5-15(2)6-8-16/h5-12H,4,13-14H2,1-3H3,(H,24,29)/t22-/m1/s1. The van der Waals surface area contributed by atoms with E-state index in [0.29, 0.717) is 12.1 Å². The van der Waals surface area contributed by atoms with Crippen molar-refractivity contribution in [2.24, 2.45) is 0 Å². The number of nitrogens with one attached hydrogen (secondary N) is 1. The van der Waals surface area contributed by atoms with Gasteiger partial charge >= 0.3 is 6.03 Å². The molecule has 6 nitrogen and oxygen atoms in total. The maximum atomic E-state index is 13.3. The number of aryl methyl sites for hydroxylation is 1. The van der Waals surface area contributed by atoms with Gasteiger partial charge in [0.15, 0.2) is 0 Å². The number of rotatable bonds is 6. The zero-order valence-electron chi connectivity index (χ0n) is 16.7. The van der Waals surface area contributed by atoms with E-state index >= 15 is 0 Å². The summed E-state index contributed by atoms with van der Waals surface area (Å²) in [6.45, 7) is 3.77. The molecule has 1 saturated heterocycles. The van der Waals surface area contributed by atoms with Crippen LogP contribution in [-0.4, -0.2) is 41.2 Å². The molecule has 4 amide bonds. The first-order chi connectivity index (χ1) is 13.8. The maximum absolute atomic E-state index is 13.3. The Morgan fingerprint density at radius 2 is 1.72 bits per heavy atom. The Labute approximate surface area is 169 Å². The zero-order valence-corrected chi connectivity index (χ0v) is 16.7. The van der Waals surface area contributed by atoms with Crippen molar-refractivity contribution in [2.75, 3.05) is 13.6 Å². The van der Waals surface area contributed by atoms with Crippen molar-refractivity contribution in [3.05, 3.63) is 71.0 Å². The molecule has 1 fully saturated rings. The van der Waals surface area contributed by atoms with Gasteiger partial charge in [-0.3, -0.25) is 14.5 Å². The van der Waals surface area contributed by atoms with Crippen LogP contribution in [-0.2, 0) is 21.7 Å². The first-order valence-corrected chi connectivity index (χ1v) is 9.46. The van der Waals surface area contributed by atoms with Gasteiger partial charge in [0, 0.05) is 13.6 Å². The summed E-state index contributed by atoms with van der Waals surface area (Å²) in [5, 5.41) is 2.70. The molecule has 1 heterocycles. The number of hydrogen-bond donors (Lipinski definition) is 1. The second-order valence-electron chi connectivity index (χ2n) is 7.32. The summed E-state index contributed by atoms with van der Waals surface area (Å²) in [4.78, 5) is 40.6. The molecular formula is C22H24FN3O3. The molecule has 3 rings (SSSR count). The van der Waals surface area contributed by atoms with E-state index in [4.69, 9.17) is 0 Å². The van der Waals surface area contributed by atoms with Gasteiger partial charge in [0.1, 0.15) is 17.9 Å². The summed E-state index contributed by atoms with van der Waals surface area (Å²) < 4.78 is 13.3. The second-order valence-corrected chi connectivity index (χ2v) is 7.32. The lowest BCUT2D eigenvalue weighted by atomic mass is 9.87. The van der Waals surface area contributed by atoms with Gasteiger partial charge in [-0.15, -0.1) is 0 Å². The number of benzene rings is 2. The average molecular weight is 397 g/mol. The van der Waals surface area contributed by atoms with E-state index in [1.807, 2.05) is 31.2 Å². The van der Waals surface area contributed by atoms with E-state index in [0.717, 1.165) is 16.0 Å². The van der Waals surface area contributed by atoms with E-state index in [9.17, 15) is 18.8 Å². The molecule has 0 unspecified atom stereocenters. The van der Waals surface area contributed by atoms with Crippen molar-refractivity contribution < 1.29 is 18.8 Å². The smallest absolute Gasteiger partial charge is 0.325 e. The molecule has 7 heteroatoms.